The summed E-state index contributed by atoms with van der Waals surface area (Å²) in [6.45, 7) is 5.91. The van der Waals surface area contributed by atoms with Crippen LogP contribution in [0, 0.1) is 13.8 Å². The topological polar surface area (TPSA) is 59.8 Å². The van der Waals surface area contributed by atoms with Gasteiger partial charge in [0.15, 0.2) is 5.82 Å². The summed E-state index contributed by atoms with van der Waals surface area (Å²) >= 11 is 1.58. The largest absolute Gasteiger partial charge is 0.308 e. The number of rotatable bonds is 2. The third-order valence-corrected chi connectivity index (χ3v) is 4.41. The first-order valence-corrected chi connectivity index (χ1v) is 7.36. The van der Waals surface area contributed by atoms with Crippen molar-refractivity contribution in [3.63, 3.8) is 0 Å². The molecule has 0 saturated heterocycles. The monoisotopic (exact) mass is 288 g/mol. The number of carbonyl (C=O) groups excluding carboxylic acids is 1. The van der Waals surface area contributed by atoms with Gasteiger partial charge in [0.1, 0.15) is 4.83 Å². The molecule has 0 fully saturated rings. The molecule has 3 rings (SSSR count). The molecule has 6 heteroatoms. The molecule has 3 heterocycles. The molecule has 0 aliphatic carbocycles. The minimum atomic E-state index is -0.0247. The van der Waals surface area contributed by atoms with Crippen molar-refractivity contribution in [1.29, 1.82) is 0 Å². The fraction of sp³-hybridized carbons (Fsp3) is 0.357. The van der Waals surface area contributed by atoms with E-state index in [9.17, 15) is 4.79 Å². The molecule has 0 radical (unpaired) electrons. The van der Waals surface area contributed by atoms with Crippen molar-refractivity contribution in [3.05, 3.63) is 17.3 Å². The highest BCUT2D eigenvalue weighted by Crippen LogP contribution is 2.38. The molecule has 0 aliphatic rings. The first kappa shape index (κ1) is 13.1. The Bertz CT molecular complexity index is 831. The maximum atomic E-state index is 11.6. The first-order chi connectivity index (χ1) is 9.51. The number of nitrogens with zero attached hydrogens (tertiary/aromatic N) is 3. The molecular formula is C14H16N4OS. The van der Waals surface area contributed by atoms with E-state index in [0.717, 1.165) is 26.1 Å². The Morgan fingerprint density at radius 1 is 1.45 bits per heavy atom. The quantitative estimate of drug-likeness (QED) is 0.788. The number of carbonyl (C=O) groups is 1. The standard InChI is InChI=1S/C14H16N4OS/c1-5-9(19)16-13-12-11(18(4)17-13)10-7(2)6-8(3)15-14(10)20-12/h6H,5H2,1-4H3,(H,16,17,19). The van der Waals surface area contributed by atoms with Crippen LogP contribution in [0.2, 0.25) is 0 Å². The van der Waals surface area contributed by atoms with Crippen molar-refractivity contribution < 1.29 is 4.79 Å². The molecule has 3 aromatic rings. The predicted octanol–water partition coefficient (Wildman–Crippen LogP) is 3.15. The van der Waals surface area contributed by atoms with Crippen molar-refractivity contribution in [2.75, 3.05) is 5.32 Å². The highest BCUT2D eigenvalue weighted by molar-refractivity contribution is 7.26. The smallest absolute Gasteiger partial charge is 0.225 e. The van der Waals surface area contributed by atoms with Gasteiger partial charge in [-0.15, -0.1) is 11.3 Å². The van der Waals surface area contributed by atoms with Crippen LogP contribution in [-0.2, 0) is 11.8 Å². The van der Waals surface area contributed by atoms with Crippen molar-refractivity contribution in [2.24, 2.45) is 7.05 Å². The summed E-state index contributed by atoms with van der Waals surface area (Å²) in [6.07, 6.45) is 0.444. The molecule has 0 aromatic carbocycles. The maximum Gasteiger partial charge on any atom is 0.225 e. The van der Waals surface area contributed by atoms with E-state index in [1.807, 2.05) is 25.6 Å². The molecule has 20 heavy (non-hydrogen) atoms. The number of nitrogens with one attached hydrogen (secondary N) is 1. The van der Waals surface area contributed by atoms with Crippen LogP contribution in [-0.4, -0.2) is 20.7 Å². The van der Waals surface area contributed by atoms with E-state index in [4.69, 9.17) is 0 Å². The van der Waals surface area contributed by atoms with Gasteiger partial charge in [-0.3, -0.25) is 9.48 Å². The molecule has 0 saturated carbocycles. The highest BCUT2D eigenvalue weighted by atomic mass is 32.1. The summed E-state index contributed by atoms with van der Waals surface area (Å²) in [4.78, 5) is 17.2. The molecule has 1 N–H and O–H groups in total. The number of thiophene rings is 1. The second kappa shape index (κ2) is 4.56. The zero-order valence-corrected chi connectivity index (χ0v) is 12.8. The van der Waals surface area contributed by atoms with E-state index in [-0.39, 0.29) is 5.91 Å². The van der Waals surface area contributed by atoms with Crippen molar-refractivity contribution in [2.45, 2.75) is 27.2 Å². The van der Waals surface area contributed by atoms with Crippen LogP contribution < -0.4 is 5.32 Å². The Hall–Kier alpha value is -1.95. The zero-order chi connectivity index (χ0) is 14.4. The number of aromatic nitrogens is 3. The zero-order valence-electron chi connectivity index (χ0n) is 11.9. The van der Waals surface area contributed by atoms with Crippen LogP contribution in [0.1, 0.15) is 24.6 Å². The lowest BCUT2D eigenvalue weighted by atomic mass is 10.1. The molecule has 5 nitrogen and oxygen atoms in total. The summed E-state index contributed by atoms with van der Waals surface area (Å²) < 4.78 is 2.81. The van der Waals surface area contributed by atoms with Gasteiger partial charge in [-0.2, -0.15) is 5.10 Å². The molecule has 0 bridgehead atoms. The Kier molecular flexibility index (Phi) is 2.97. The normalized spacial score (nSPS) is 11.4. The van der Waals surface area contributed by atoms with Crippen LogP contribution in [0.5, 0.6) is 0 Å². The molecule has 104 valence electrons. The van der Waals surface area contributed by atoms with Gasteiger partial charge in [0.05, 0.1) is 10.2 Å². The average molecular weight is 288 g/mol. The second-order valence-corrected chi connectivity index (χ2v) is 5.91. The van der Waals surface area contributed by atoms with E-state index in [2.05, 4.69) is 28.4 Å². The fourth-order valence-corrected chi connectivity index (χ4v) is 3.70. The lowest BCUT2D eigenvalue weighted by Gasteiger charge is -2.00. The lowest BCUT2D eigenvalue weighted by molar-refractivity contribution is -0.115. The molecule has 0 atom stereocenters. The third-order valence-electron chi connectivity index (χ3n) is 3.33. The van der Waals surface area contributed by atoms with Crippen LogP contribution in [0.25, 0.3) is 20.4 Å². The Labute approximate surface area is 120 Å². The lowest BCUT2D eigenvalue weighted by Crippen LogP contribution is -2.10. The van der Waals surface area contributed by atoms with E-state index in [1.54, 1.807) is 11.3 Å². The Morgan fingerprint density at radius 3 is 2.90 bits per heavy atom. The fourth-order valence-electron chi connectivity index (χ4n) is 2.44. The molecule has 0 spiro atoms. The first-order valence-electron chi connectivity index (χ1n) is 6.54. The molecule has 0 aliphatic heterocycles. The highest BCUT2D eigenvalue weighted by Gasteiger charge is 2.18. The van der Waals surface area contributed by atoms with Gasteiger partial charge in [0.25, 0.3) is 0 Å². The van der Waals surface area contributed by atoms with Gasteiger partial charge < -0.3 is 5.32 Å². The van der Waals surface area contributed by atoms with E-state index < -0.39 is 0 Å². The van der Waals surface area contributed by atoms with Gasteiger partial charge in [0.2, 0.25) is 5.91 Å². The van der Waals surface area contributed by atoms with Gasteiger partial charge in [-0.1, -0.05) is 6.92 Å². The third kappa shape index (κ3) is 1.87. The van der Waals surface area contributed by atoms with Crippen LogP contribution in [0.15, 0.2) is 6.07 Å². The van der Waals surface area contributed by atoms with E-state index in [1.165, 1.54) is 5.56 Å². The number of anilines is 1. The SMILES string of the molecule is CCC(=O)Nc1nn(C)c2c1sc1nc(C)cc(C)c12. The Morgan fingerprint density at radius 2 is 2.20 bits per heavy atom. The summed E-state index contributed by atoms with van der Waals surface area (Å²) in [5.41, 5.74) is 3.24. The molecule has 1 amide bonds. The van der Waals surface area contributed by atoms with Crippen molar-refractivity contribution in [1.82, 2.24) is 14.8 Å². The molecule has 0 unspecified atom stereocenters. The number of amides is 1. The van der Waals surface area contributed by atoms with E-state index >= 15 is 0 Å². The average Bonchev–Trinajstić information content (AvgIpc) is 2.88. The van der Waals surface area contributed by atoms with Crippen LogP contribution >= 0.6 is 11.3 Å². The molecular weight excluding hydrogens is 272 g/mol. The van der Waals surface area contributed by atoms with E-state index in [0.29, 0.717) is 12.2 Å². The predicted molar refractivity (Wildman–Crippen MR) is 82.3 cm³/mol. The minimum Gasteiger partial charge on any atom is -0.308 e. The summed E-state index contributed by atoms with van der Waals surface area (Å²) in [6, 6.07) is 2.08. The van der Waals surface area contributed by atoms with Crippen molar-refractivity contribution >= 4 is 43.5 Å². The Balaban J connectivity index is 2.31. The number of fused-ring (bicyclic) bond motifs is 3. The summed E-state index contributed by atoms with van der Waals surface area (Å²) in [7, 11) is 1.90. The summed E-state index contributed by atoms with van der Waals surface area (Å²) in [5.74, 6) is 0.609. The van der Waals surface area contributed by atoms with Crippen LogP contribution in [0.4, 0.5) is 5.82 Å². The van der Waals surface area contributed by atoms with Crippen LogP contribution in [0.3, 0.4) is 0 Å². The van der Waals surface area contributed by atoms with Crippen molar-refractivity contribution in [3.8, 4) is 0 Å². The second-order valence-electron chi connectivity index (χ2n) is 4.91. The number of pyridine rings is 1. The number of hydrogen-bond acceptors (Lipinski definition) is 4. The number of hydrogen-bond donors (Lipinski definition) is 1. The minimum absolute atomic E-state index is 0.0247. The van der Waals surface area contributed by atoms with Gasteiger partial charge in [-0.05, 0) is 25.5 Å². The molecule has 3 aromatic heterocycles. The summed E-state index contributed by atoms with van der Waals surface area (Å²) in [5, 5.41) is 8.41. The number of aryl methyl sites for hydroxylation is 3. The van der Waals surface area contributed by atoms with Gasteiger partial charge >= 0.3 is 0 Å². The van der Waals surface area contributed by atoms with Gasteiger partial charge in [-0.25, -0.2) is 4.98 Å². The van der Waals surface area contributed by atoms with Gasteiger partial charge in [0, 0.05) is 24.5 Å². The maximum absolute atomic E-state index is 11.6.